The van der Waals surface area contributed by atoms with Gasteiger partial charge in [-0.05, 0) is 31.2 Å². The van der Waals surface area contributed by atoms with Crippen molar-refractivity contribution < 1.29 is 0 Å². The Kier molecular flexibility index (Phi) is 7.26. The summed E-state index contributed by atoms with van der Waals surface area (Å²) in [5, 5.41) is 0. The van der Waals surface area contributed by atoms with Crippen molar-refractivity contribution in [2.24, 2.45) is 9.98 Å². The van der Waals surface area contributed by atoms with E-state index in [1.165, 1.54) is 5.56 Å². The van der Waals surface area contributed by atoms with Crippen LogP contribution in [0.1, 0.15) is 18.1 Å². The predicted octanol–water partition coefficient (Wildman–Crippen LogP) is 5.95. The van der Waals surface area contributed by atoms with Crippen LogP contribution in [0.4, 0.5) is 0 Å². The van der Waals surface area contributed by atoms with Crippen LogP contribution < -0.4 is 0 Å². The maximum Gasteiger partial charge on any atom is 0.159 e. The molecule has 0 bridgehead atoms. The zero-order valence-corrected chi connectivity index (χ0v) is 15.2. The molecule has 0 heterocycles. The fourth-order valence-corrected chi connectivity index (χ4v) is 2.30. The van der Waals surface area contributed by atoms with Gasteiger partial charge in [0.15, 0.2) is 5.84 Å². The van der Waals surface area contributed by atoms with E-state index >= 15 is 0 Å². The van der Waals surface area contributed by atoms with E-state index in [-0.39, 0.29) is 0 Å². The maximum absolute atomic E-state index is 4.73. The fraction of sp³-hybridized carbons (Fsp3) is 0.0833. The molecule has 2 aromatic rings. The summed E-state index contributed by atoms with van der Waals surface area (Å²) in [6.07, 6.45) is 6.68. The molecule has 0 radical (unpaired) electrons. The van der Waals surface area contributed by atoms with Crippen molar-refractivity contribution in [3.05, 3.63) is 120 Å². The highest BCUT2D eigenvalue weighted by atomic mass is 14.9. The first-order valence-corrected chi connectivity index (χ1v) is 8.48. The normalized spacial score (nSPS) is 12.2. The van der Waals surface area contributed by atoms with E-state index in [0.717, 1.165) is 28.8 Å². The van der Waals surface area contributed by atoms with Crippen molar-refractivity contribution >= 4 is 12.6 Å². The van der Waals surface area contributed by atoms with Crippen molar-refractivity contribution in [3.63, 3.8) is 0 Å². The second-order valence-electron chi connectivity index (χ2n) is 5.94. The summed E-state index contributed by atoms with van der Waals surface area (Å²) in [6.45, 7) is 13.7. The monoisotopic (exact) mass is 340 g/mol. The summed E-state index contributed by atoms with van der Waals surface area (Å²) in [5.41, 5.74) is 4.68. The summed E-state index contributed by atoms with van der Waals surface area (Å²) in [7, 11) is 0. The Morgan fingerprint density at radius 2 is 1.54 bits per heavy atom. The lowest BCUT2D eigenvalue weighted by Gasteiger charge is -2.06. The summed E-state index contributed by atoms with van der Waals surface area (Å²) in [5.74, 6) is 0.579. The molecule has 0 aliphatic rings. The Morgan fingerprint density at radius 3 is 2.12 bits per heavy atom. The minimum atomic E-state index is 0.579. The second-order valence-corrected chi connectivity index (χ2v) is 5.94. The van der Waals surface area contributed by atoms with E-state index in [0.29, 0.717) is 5.84 Å². The Bertz CT molecular complexity index is 854. The van der Waals surface area contributed by atoms with Crippen LogP contribution in [-0.2, 0) is 6.42 Å². The number of benzene rings is 2. The van der Waals surface area contributed by atoms with Gasteiger partial charge >= 0.3 is 0 Å². The van der Waals surface area contributed by atoms with Gasteiger partial charge in [-0.15, -0.1) is 0 Å². The fourth-order valence-electron chi connectivity index (χ4n) is 2.30. The number of hydrogen-bond donors (Lipinski definition) is 0. The van der Waals surface area contributed by atoms with Gasteiger partial charge in [0.1, 0.15) is 0 Å². The molecule has 2 nitrogen and oxygen atoms in total. The third-order valence-electron chi connectivity index (χ3n) is 3.68. The van der Waals surface area contributed by atoms with E-state index in [1.54, 1.807) is 0 Å². The van der Waals surface area contributed by atoms with Gasteiger partial charge in [0.05, 0.1) is 5.70 Å². The SMILES string of the molecule is C=NC(=N/C(=C\Cc1ccccc1)C(=C)/C=C\C(=C)C)c1ccccc1. The van der Waals surface area contributed by atoms with Crippen molar-refractivity contribution in [2.45, 2.75) is 13.3 Å². The number of hydrogen-bond acceptors (Lipinski definition) is 1. The molecule has 2 aromatic carbocycles. The zero-order chi connectivity index (χ0) is 18.8. The summed E-state index contributed by atoms with van der Waals surface area (Å²) >= 11 is 0. The molecule has 130 valence electrons. The van der Waals surface area contributed by atoms with Crippen LogP contribution in [-0.4, -0.2) is 12.6 Å². The first kappa shape index (κ1) is 19.1. The smallest absolute Gasteiger partial charge is 0.159 e. The number of aliphatic imine (C=N–C) groups is 2. The van der Waals surface area contributed by atoms with Gasteiger partial charge in [-0.3, -0.25) is 0 Å². The van der Waals surface area contributed by atoms with Gasteiger partial charge < -0.3 is 0 Å². The van der Waals surface area contributed by atoms with E-state index in [1.807, 2.05) is 67.6 Å². The topological polar surface area (TPSA) is 24.7 Å². The van der Waals surface area contributed by atoms with E-state index in [4.69, 9.17) is 4.99 Å². The molecule has 0 unspecified atom stereocenters. The molecule has 0 spiro atoms. The molecular formula is C24H24N2. The van der Waals surface area contributed by atoms with Crippen molar-refractivity contribution in [3.8, 4) is 0 Å². The third-order valence-corrected chi connectivity index (χ3v) is 3.68. The van der Waals surface area contributed by atoms with Gasteiger partial charge in [-0.25, -0.2) is 9.98 Å². The molecule has 0 fully saturated rings. The molecule has 0 aliphatic heterocycles. The average molecular weight is 340 g/mol. The molecule has 0 atom stereocenters. The summed E-state index contributed by atoms with van der Waals surface area (Å²) in [6, 6.07) is 20.1. The minimum Gasteiger partial charge on any atom is -0.245 e. The van der Waals surface area contributed by atoms with Gasteiger partial charge in [0.25, 0.3) is 0 Å². The molecule has 0 aromatic heterocycles. The second kappa shape index (κ2) is 9.90. The number of amidine groups is 1. The Balaban J connectivity index is 2.38. The lowest BCUT2D eigenvalue weighted by Crippen LogP contribution is -1.98. The van der Waals surface area contributed by atoms with E-state index in [9.17, 15) is 0 Å². The molecule has 0 N–H and O–H groups in total. The number of allylic oxidation sites excluding steroid dienone is 4. The van der Waals surface area contributed by atoms with Crippen LogP contribution in [0, 0.1) is 0 Å². The largest absolute Gasteiger partial charge is 0.245 e. The first-order chi connectivity index (χ1) is 12.6. The molecular weight excluding hydrogens is 316 g/mol. The van der Waals surface area contributed by atoms with Gasteiger partial charge in [-0.2, -0.15) is 0 Å². The van der Waals surface area contributed by atoms with Crippen LogP contribution >= 0.6 is 0 Å². The average Bonchev–Trinajstić information content (AvgIpc) is 2.68. The maximum atomic E-state index is 4.73. The molecule has 26 heavy (non-hydrogen) atoms. The third kappa shape index (κ3) is 5.99. The summed E-state index contributed by atoms with van der Waals surface area (Å²) < 4.78 is 0. The van der Waals surface area contributed by atoms with Crippen LogP contribution in [0.5, 0.6) is 0 Å². The van der Waals surface area contributed by atoms with Crippen LogP contribution in [0.2, 0.25) is 0 Å². The lowest BCUT2D eigenvalue weighted by molar-refractivity contribution is 1.20. The van der Waals surface area contributed by atoms with Crippen molar-refractivity contribution in [1.29, 1.82) is 0 Å². The standard InChI is InChI=1S/C24H24N2/c1-19(2)15-16-20(3)23(18-17-21-11-7-5-8-12-21)26-24(25-4)22-13-9-6-10-14-22/h5-16,18H,1,3-4,17H2,2H3/b16-15-,23-18-,26-24?. The molecule has 0 saturated carbocycles. The molecule has 2 heteroatoms. The van der Waals surface area contributed by atoms with Gasteiger partial charge in [-0.1, -0.05) is 97.6 Å². The first-order valence-electron chi connectivity index (χ1n) is 8.48. The Hall–Kier alpha value is -3.26. The van der Waals surface area contributed by atoms with Gasteiger partial charge in [0.2, 0.25) is 0 Å². The summed E-state index contributed by atoms with van der Waals surface area (Å²) in [4.78, 5) is 8.83. The van der Waals surface area contributed by atoms with Gasteiger partial charge in [0, 0.05) is 5.56 Å². The molecule has 0 aliphatic carbocycles. The zero-order valence-electron chi connectivity index (χ0n) is 15.2. The number of rotatable bonds is 7. The van der Waals surface area contributed by atoms with E-state index in [2.05, 4.69) is 43.1 Å². The van der Waals surface area contributed by atoms with Crippen LogP contribution in [0.3, 0.4) is 0 Å². The highest BCUT2D eigenvalue weighted by Gasteiger charge is 2.04. The van der Waals surface area contributed by atoms with Crippen molar-refractivity contribution in [1.82, 2.24) is 0 Å². The highest BCUT2D eigenvalue weighted by molar-refractivity contribution is 6.02. The molecule has 0 saturated heterocycles. The van der Waals surface area contributed by atoms with Crippen LogP contribution in [0.25, 0.3) is 0 Å². The quantitative estimate of drug-likeness (QED) is 0.338. The molecule has 2 rings (SSSR count). The lowest BCUT2D eigenvalue weighted by atomic mass is 10.1. The Morgan fingerprint density at radius 1 is 0.923 bits per heavy atom. The highest BCUT2D eigenvalue weighted by Crippen LogP contribution is 2.17. The number of nitrogens with zero attached hydrogens (tertiary/aromatic N) is 2. The molecule has 0 amide bonds. The minimum absolute atomic E-state index is 0.579. The van der Waals surface area contributed by atoms with E-state index < -0.39 is 0 Å². The van der Waals surface area contributed by atoms with Crippen molar-refractivity contribution in [2.75, 3.05) is 0 Å². The van der Waals surface area contributed by atoms with Crippen LogP contribution in [0.15, 0.2) is 119 Å². The predicted molar refractivity (Wildman–Crippen MR) is 114 cm³/mol. The Labute approximate surface area is 156 Å².